The number of nitrogens with two attached hydrogens (primary N) is 1. The third-order valence-corrected chi connectivity index (χ3v) is 4.15. The van der Waals surface area contributed by atoms with Crippen LogP contribution < -0.4 is 11.1 Å². The molecule has 106 valence electrons. The van der Waals surface area contributed by atoms with Crippen LogP contribution in [-0.2, 0) is 6.42 Å². The first-order valence-electron chi connectivity index (χ1n) is 7.34. The number of rotatable bonds is 5. The van der Waals surface area contributed by atoms with Crippen LogP contribution in [0, 0.1) is 5.82 Å². The summed E-state index contributed by atoms with van der Waals surface area (Å²) in [4.78, 5) is 0. The van der Waals surface area contributed by atoms with Gasteiger partial charge in [-0.05, 0) is 37.8 Å². The number of halogens is 1. The molecule has 1 unspecified atom stereocenters. The average Bonchev–Trinajstić information content (AvgIpc) is 2.42. The third-order valence-electron chi connectivity index (χ3n) is 4.15. The van der Waals surface area contributed by atoms with Gasteiger partial charge in [0.1, 0.15) is 5.82 Å². The number of hydrogen-bond donors (Lipinski definition) is 2. The van der Waals surface area contributed by atoms with Gasteiger partial charge in [-0.15, -0.1) is 0 Å². The van der Waals surface area contributed by atoms with E-state index in [4.69, 9.17) is 5.73 Å². The van der Waals surface area contributed by atoms with Crippen molar-refractivity contribution in [1.82, 2.24) is 5.32 Å². The van der Waals surface area contributed by atoms with Gasteiger partial charge in [-0.25, -0.2) is 4.39 Å². The predicted octanol–water partition coefficient (Wildman–Crippen LogP) is 3.01. The second kappa shape index (κ2) is 6.49. The van der Waals surface area contributed by atoms with Crippen molar-refractivity contribution in [2.24, 2.45) is 5.73 Å². The molecule has 1 atom stereocenters. The molecule has 2 nitrogen and oxygen atoms in total. The SMILES string of the molecule is CC(CN)(Cc1ccccc1F)NC1CCCCC1. The zero-order valence-electron chi connectivity index (χ0n) is 11.8. The highest BCUT2D eigenvalue weighted by Gasteiger charge is 2.27. The Labute approximate surface area is 115 Å². The van der Waals surface area contributed by atoms with Gasteiger partial charge in [-0.3, -0.25) is 0 Å². The molecule has 0 heterocycles. The maximum Gasteiger partial charge on any atom is 0.126 e. The van der Waals surface area contributed by atoms with Crippen molar-refractivity contribution in [2.45, 2.75) is 57.0 Å². The van der Waals surface area contributed by atoms with Gasteiger partial charge in [0.05, 0.1) is 0 Å². The van der Waals surface area contributed by atoms with Crippen molar-refractivity contribution in [1.29, 1.82) is 0 Å². The summed E-state index contributed by atoms with van der Waals surface area (Å²) in [6.07, 6.45) is 6.99. The fourth-order valence-electron chi connectivity index (χ4n) is 2.98. The van der Waals surface area contributed by atoms with Crippen molar-refractivity contribution >= 4 is 0 Å². The molecular formula is C16H25FN2. The highest BCUT2D eigenvalue weighted by atomic mass is 19.1. The fourth-order valence-corrected chi connectivity index (χ4v) is 2.98. The lowest BCUT2D eigenvalue weighted by atomic mass is 9.88. The van der Waals surface area contributed by atoms with Crippen LogP contribution in [0.2, 0.25) is 0 Å². The van der Waals surface area contributed by atoms with E-state index >= 15 is 0 Å². The Morgan fingerprint density at radius 1 is 1.26 bits per heavy atom. The Balaban J connectivity index is 2.02. The molecule has 3 heteroatoms. The van der Waals surface area contributed by atoms with Crippen LogP contribution in [0.1, 0.15) is 44.6 Å². The lowest BCUT2D eigenvalue weighted by Crippen LogP contribution is -2.55. The molecule has 1 fully saturated rings. The maximum atomic E-state index is 13.8. The van der Waals surface area contributed by atoms with E-state index in [1.54, 1.807) is 6.07 Å². The van der Waals surface area contributed by atoms with Crippen molar-refractivity contribution in [2.75, 3.05) is 6.54 Å². The van der Waals surface area contributed by atoms with E-state index in [1.165, 1.54) is 38.2 Å². The summed E-state index contributed by atoms with van der Waals surface area (Å²) in [7, 11) is 0. The molecule has 0 spiro atoms. The van der Waals surface area contributed by atoms with E-state index in [1.807, 2.05) is 12.1 Å². The van der Waals surface area contributed by atoms with Gasteiger partial charge >= 0.3 is 0 Å². The minimum Gasteiger partial charge on any atom is -0.329 e. The van der Waals surface area contributed by atoms with Crippen LogP contribution in [0.4, 0.5) is 4.39 Å². The van der Waals surface area contributed by atoms with Gasteiger partial charge in [-0.2, -0.15) is 0 Å². The summed E-state index contributed by atoms with van der Waals surface area (Å²) in [5, 5.41) is 3.67. The van der Waals surface area contributed by atoms with Gasteiger partial charge < -0.3 is 11.1 Å². The van der Waals surface area contributed by atoms with Gasteiger partial charge in [0.15, 0.2) is 0 Å². The van der Waals surface area contributed by atoms with Crippen molar-refractivity contribution in [3.8, 4) is 0 Å². The van der Waals surface area contributed by atoms with Crippen molar-refractivity contribution in [3.05, 3.63) is 35.6 Å². The summed E-state index contributed by atoms with van der Waals surface area (Å²) in [6, 6.07) is 7.52. The summed E-state index contributed by atoms with van der Waals surface area (Å²) in [5.41, 5.74) is 6.47. The molecular weight excluding hydrogens is 239 g/mol. The molecule has 0 aliphatic heterocycles. The van der Waals surface area contributed by atoms with Crippen molar-refractivity contribution < 1.29 is 4.39 Å². The zero-order chi connectivity index (χ0) is 13.7. The van der Waals surface area contributed by atoms with Gasteiger partial charge in [0, 0.05) is 18.1 Å². The molecule has 1 aliphatic carbocycles. The van der Waals surface area contributed by atoms with Gasteiger partial charge in [0.25, 0.3) is 0 Å². The first-order chi connectivity index (χ1) is 9.13. The Morgan fingerprint density at radius 2 is 1.95 bits per heavy atom. The van der Waals surface area contributed by atoms with Gasteiger partial charge in [0.2, 0.25) is 0 Å². The van der Waals surface area contributed by atoms with Gasteiger partial charge in [-0.1, -0.05) is 37.5 Å². The first-order valence-corrected chi connectivity index (χ1v) is 7.34. The van der Waals surface area contributed by atoms with Crippen LogP contribution in [-0.4, -0.2) is 18.1 Å². The molecule has 1 aliphatic rings. The molecule has 2 rings (SSSR count). The third kappa shape index (κ3) is 4.02. The summed E-state index contributed by atoms with van der Waals surface area (Å²) >= 11 is 0. The largest absolute Gasteiger partial charge is 0.329 e. The molecule has 0 bridgehead atoms. The quantitative estimate of drug-likeness (QED) is 0.858. The first kappa shape index (κ1) is 14.5. The van der Waals surface area contributed by atoms with Crippen LogP contribution >= 0.6 is 0 Å². The Morgan fingerprint density at radius 3 is 2.58 bits per heavy atom. The fraction of sp³-hybridized carbons (Fsp3) is 0.625. The van der Waals surface area contributed by atoms with E-state index in [9.17, 15) is 4.39 Å². The standard InChI is InChI=1S/C16H25FN2/c1-16(12-18,19-14-8-3-2-4-9-14)11-13-7-5-6-10-15(13)17/h5-7,10,14,19H,2-4,8-9,11-12,18H2,1H3. The monoisotopic (exact) mass is 264 g/mol. The van der Waals surface area contributed by atoms with Crippen LogP contribution in [0.5, 0.6) is 0 Å². The number of nitrogens with one attached hydrogen (secondary N) is 1. The molecule has 0 aromatic heterocycles. The molecule has 0 radical (unpaired) electrons. The average molecular weight is 264 g/mol. The number of hydrogen-bond acceptors (Lipinski definition) is 2. The normalized spacial score (nSPS) is 20.2. The molecule has 1 saturated carbocycles. The second-order valence-electron chi connectivity index (χ2n) is 6.01. The minimum atomic E-state index is -0.218. The summed E-state index contributed by atoms with van der Waals surface area (Å²) in [5.74, 6) is -0.132. The molecule has 1 aromatic rings. The summed E-state index contributed by atoms with van der Waals surface area (Å²) < 4.78 is 13.8. The van der Waals surface area contributed by atoms with Crippen LogP contribution in [0.15, 0.2) is 24.3 Å². The van der Waals surface area contributed by atoms with E-state index in [0.29, 0.717) is 19.0 Å². The Hall–Kier alpha value is -0.930. The van der Waals surface area contributed by atoms with E-state index < -0.39 is 0 Å². The van der Waals surface area contributed by atoms with Crippen LogP contribution in [0.25, 0.3) is 0 Å². The van der Waals surface area contributed by atoms with Crippen LogP contribution in [0.3, 0.4) is 0 Å². The van der Waals surface area contributed by atoms with E-state index in [0.717, 1.165) is 5.56 Å². The lowest BCUT2D eigenvalue weighted by Gasteiger charge is -2.36. The highest BCUT2D eigenvalue weighted by molar-refractivity contribution is 5.20. The molecule has 0 amide bonds. The maximum absolute atomic E-state index is 13.8. The van der Waals surface area contributed by atoms with E-state index in [2.05, 4.69) is 12.2 Å². The Kier molecular flexibility index (Phi) is 4.94. The van der Waals surface area contributed by atoms with E-state index in [-0.39, 0.29) is 11.4 Å². The highest BCUT2D eigenvalue weighted by Crippen LogP contribution is 2.22. The predicted molar refractivity (Wildman–Crippen MR) is 77.6 cm³/mol. The number of benzene rings is 1. The molecule has 3 N–H and O–H groups in total. The zero-order valence-corrected chi connectivity index (χ0v) is 11.8. The van der Waals surface area contributed by atoms with Crippen molar-refractivity contribution in [3.63, 3.8) is 0 Å². The topological polar surface area (TPSA) is 38.0 Å². The lowest BCUT2D eigenvalue weighted by molar-refractivity contribution is 0.265. The molecule has 0 saturated heterocycles. The summed E-state index contributed by atoms with van der Waals surface area (Å²) in [6.45, 7) is 2.63. The minimum absolute atomic E-state index is 0.132. The smallest absolute Gasteiger partial charge is 0.126 e. The Bertz CT molecular complexity index is 401. The molecule has 19 heavy (non-hydrogen) atoms. The second-order valence-corrected chi connectivity index (χ2v) is 6.01. The molecule has 1 aromatic carbocycles.